The Bertz CT molecular complexity index is 890. The molecule has 1 aliphatic rings. The third-order valence-electron chi connectivity index (χ3n) is 3.92. The second-order valence-corrected chi connectivity index (χ2v) is 6.87. The van der Waals surface area contributed by atoms with Gasteiger partial charge in [-0.2, -0.15) is 4.98 Å². The predicted molar refractivity (Wildman–Crippen MR) is 85.2 cm³/mol. The fourth-order valence-corrected chi connectivity index (χ4v) is 3.17. The van der Waals surface area contributed by atoms with Gasteiger partial charge in [-0.1, -0.05) is 0 Å². The largest absolute Gasteiger partial charge is 0.469 e. The van der Waals surface area contributed by atoms with Crippen LogP contribution < -0.4 is 17.0 Å². The van der Waals surface area contributed by atoms with Crippen molar-refractivity contribution in [3.63, 3.8) is 0 Å². The lowest BCUT2D eigenvalue weighted by molar-refractivity contribution is -0.0422. The van der Waals surface area contributed by atoms with Crippen molar-refractivity contribution in [2.75, 3.05) is 12.3 Å². The van der Waals surface area contributed by atoms with Crippen LogP contribution in [-0.4, -0.2) is 48.2 Å². The van der Waals surface area contributed by atoms with Crippen molar-refractivity contribution in [2.24, 2.45) is 5.73 Å². The first kappa shape index (κ1) is 18.0. The van der Waals surface area contributed by atoms with Gasteiger partial charge in [0.2, 0.25) is 5.95 Å². The highest BCUT2D eigenvalue weighted by Crippen LogP contribution is 2.38. The minimum Gasteiger partial charge on any atom is -0.390 e. The van der Waals surface area contributed by atoms with Crippen LogP contribution in [-0.2, 0) is 20.4 Å². The molecule has 1 fully saturated rings. The number of aromatic nitrogens is 3. The van der Waals surface area contributed by atoms with Gasteiger partial charge in [0.15, 0.2) is 5.65 Å². The highest BCUT2D eigenvalue weighted by molar-refractivity contribution is 7.46. The number of aromatic amines is 1. The van der Waals surface area contributed by atoms with Gasteiger partial charge in [-0.25, -0.2) is 4.57 Å². The van der Waals surface area contributed by atoms with E-state index in [1.165, 1.54) is 4.57 Å². The quantitative estimate of drug-likeness (QED) is 0.335. The molecule has 25 heavy (non-hydrogen) atoms. The number of fused-ring (bicyclic) bond motifs is 1. The van der Waals surface area contributed by atoms with Crippen molar-refractivity contribution in [1.29, 1.82) is 0 Å². The number of nitrogen functional groups attached to an aromatic ring is 1. The Balaban J connectivity index is 1.92. The topological polar surface area (TPSA) is 199 Å². The predicted octanol–water partition coefficient (Wildman–Crippen LogP) is -1.48. The molecule has 0 unspecified atom stereocenters. The highest BCUT2D eigenvalue weighted by atomic mass is 31.2. The average molecular weight is 375 g/mol. The maximum absolute atomic E-state index is 12.1. The van der Waals surface area contributed by atoms with E-state index in [1.54, 1.807) is 6.20 Å². The van der Waals surface area contributed by atoms with E-state index >= 15 is 0 Å². The third-order valence-corrected chi connectivity index (χ3v) is 4.41. The van der Waals surface area contributed by atoms with E-state index in [0.717, 1.165) is 0 Å². The molecule has 0 spiro atoms. The number of phosphoric ester groups is 1. The SMILES string of the molecule is NCc1cn([C@H]2C[C@H](O)[C@@H](COP(=O)(O)O)O2)c2nc(N)[nH]c(=O)c12. The molecule has 12 nitrogen and oxygen atoms in total. The number of aliphatic hydroxyl groups is 1. The molecule has 138 valence electrons. The third kappa shape index (κ3) is 3.60. The number of hydrogen-bond donors (Lipinski definition) is 6. The fourth-order valence-electron chi connectivity index (χ4n) is 2.83. The molecule has 0 radical (unpaired) electrons. The molecular weight excluding hydrogens is 357 g/mol. The van der Waals surface area contributed by atoms with Crippen LogP contribution in [0, 0.1) is 0 Å². The van der Waals surface area contributed by atoms with E-state index in [9.17, 15) is 14.5 Å². The summed E-state index contributed by atoms with van der Waals surface area (Å²) in [6.07, 6.45) is -1.00. The second kappa shape index (κ2) is 6.50. The van der Waals surface area contributed by atoms with Gasteiger partial charge in [0, 0.05) is 19.2 Å². The van der Waals surface area contributed by atoms with Crippen LogP contribution in [0.3, 0.4) is 0 Å². The molecule has 2 aromatic heterocycles. The van der Waals surface area contributed by atoms with Crippen LogP contribution in [0.5, 0.6) is 0 Å². The van der Waals surface area contributed by atoms with Gasteiger partial charge in [-0.3, -0.25) is 14.3 Å². The Kier molecular flexibility index (Phi) is 4.68. The Morgan fingerprint density at radius 2 is 2.24 bits per heavy atom. The Morgan fingerprint density at radius 1 is 1.52 bits per heavy atom. The van der Waals surface area contributed by atoms with Crippen LogP contribution in [0.2, 0.25) is 0 Å². The van der Waals surface area contributed by atoms with Gasteiger partial charge in [0.05, 0.1) is 18.1 Å². The number of hydrogen-bond acceptors (Lipinski definition) is 8. The maximum Gasteiger partial charge on any atom is 0.469 e. The van der Waals surface area contributed by atoms with Gasteiger partial charge in [-0.15, -0.1) is 0 Å². The fraction of sp³-hybridized carbons (Fsp3) is 0.500. The Morgan fingerprint density at radius 3 is 2.88 bits per heavy atom. The van der Waals surface area contributed by atoms with Crippen LogP contribution in [0.1, 0.15) is 18.2 Å². The van der Waals surface area contributed by atoms with Crippen molar-refractivity contribution in [3.05, 3.63) is 22.1 Å². The minimum absolute atomic E-state index is 0.0815. The Labute approximate surface area is 140 Å². The molecule has 3 atom stereocenters. The molecule has 0 aromatic carbocycles. The van der Waals surface area contributed by atoms with E-state index in [0.29, 0.717) is 5.56 Å². The molecular formula is C12H18N5O7P. The maximum atomic E-state index is 12.1. The molecule has 0 aliphatic carbocycles. The number of anilines is 1. The van der Waals surface area contributed by atoms with Crippen molar-refractivity contribution in [1.82, 2.24) is 14.5 Å². The summed E-state index contributed by atoms with van der Waals surface area (Å²) in [5, 5.41) is 10.3. The molecule has 0 amide bonds. The number of phosphoric acid groups is 1. The molecule has 0 saturated carbocycles. The van der Waals surface area contributed by atoms with E-state index < -0.39 is 38.4 Å². The van der Waals surface area contributed by atoms with Crippen LogP contribution in [0.4, 0.5) is 5.95 Å². The first-order chi connectivity index (χ1) is 11.7. The molecule has 2 aromatic rings. The molecule has 0 bridgehead atoms. The van der Waals surface area contributed by atoms with Crippen LogP contribution in [0.25, 0.3) is 11.0 Å². The van der Waals surface area contributed by atoms with Crippen molar-refractivity contribution >= 4 is 24.8 Å². The number of rotatable bonds is 5. The van der Waals surface area contributed by atoms with Gasteiger partial charge in [0.1, 0.15) is 12.3 Å². The van der Waals surface area contributed by atoms with Crippen LogP contribution in [0.15, 0.2) is 11.0 Å². The van der Waals surface area contributed by atoms with Crippen molar-refractivity contribution in [2.45, 2.75) is 31.4 Å². The molecule has 3 heterocycles. The number of ether oxygens (including phenoxy) is 1. The number of nitrogens with one attached hydrogen (secondary N) is 1. The van der Waals surface area contributed by atoms with E-state index in [4.69, 9.17) is 26.0 Å². The lowest BCUT2D eigenvalue weighted by Gasteiger charge is -2.16. The summed E-state index contributed by atoms with van der Waals surface area (Å²) in [4.78, 5) is 36.1. The first-order valence-corrected chi connectivity index (χ1v) is 8.85. The standard InChI is InChI=1S/C12H18N5O7P/c13-2-5-3-17(10-9(5)11(19)16-12(14)15-10)8-1-6(18)7(24-8)4-23-25(20,21)22/h3,6-8,18H,1-2,4,13H2,(H2,20,21,22)(H3,14,15,16,19)/t6-,7+,8+/m0/s1. The monoisotopic (exact) mass is 375 g/mol. The zero-order chi connectivity index (χ0) is 18.4. The lowest BCUT2D eigenvalue weighted by atomic mass is 10.2. The minimum atomic E-state index is -4.68. The summed E-state index contributed by atoms with van der Waals surface area (Å²) in [5.41, 5.74) is 11.6. The first-order valence-electron chi connectivity index (χ1n) is 7.32. The smallest absolute Gasteiger partial charge is 0.390 e. The summed E-state index contributed by atoms with van der Waals surface area (Å²) in [6, 6.07) is 0. The summed E-state index contributed by atoms with van der Waals surface area (Å²) in [7, 11) is -4.68. The molecule has 13 heteroatoms. The summed E-state index contributed by atoms with van der Waals surface area (Å²) >= 11 is 0. The number of aliphatic hydroxyl groups excluding tert-OH is 1. The zero-order valence-corrected chi connectivity index (χ0v) is 13.8. The van der Waals surface area contributed by atoms with Crippen molar-refractivity contribution in [3.8, 4) is 0 Å². The summed E-state index contributed by atoms with van der Waals surface area (Å²) < 4.78 is 22.3. The average Bonchev–Trinajstić information content (AvgIpc) is 3.04. The van der Waals surface area contributed by atoms with Gasteiger partial charge >= 0.3 is 7.82 Å². The van der Waals surface area contributed by atoms with E-state index in [2.05, 4.69) is 14.5 Å². The number of nitrogens with zero attached hydrogens (tertiary/aromatic N) is 2. The molecule has 3 rings (SSSR count). The summed E-state index contributed by atoms with van der Waals surface area (Å²) in [6.45, 7) is -0.404. The normalized spacial score (nSPS) is 24.2. The molecule has 1 aliphatic heterocycles. The van der Waals surface area contributed by atoms with E-state index in [1.807, 2.05) is 0 Å². The van der Waals surface area contributed by atoms with E-state index in [-0.39, 0.29) is 29.9 Å². The second-order valence-electron chi connectivity index (χ2n) is 5.63. The number of H-pyrrole nitrogens is 1. The highest BCUT2D eigenvalue weighted by Gasteiger charge is 2.37. The summed E-state index contributed by atoms with van der Waals surface area (Å²) in [5.74, 6) is -0.0830. The zero-order valence-electron chi connectivity index (χ0n) is 12.9. The van der Waals surface area contributed by atoms with Gasteiger partial charge < -0.3 is 35.7 Å². The van der Waals surface area contributed by atoms with Crippen molar-refractivity contribution < 1.29 is 28.7 Å². The Hall–Kier alpha value is -1.79. The number of nitrogens with two attached hydrogens (primary N) is 2. The molecule has 1 saturated heterocycles. The van der Waals surface area contributed by atoms with Crippen LogP contribution >= 0.6 is 7.82 Å². The lowest BCUT2D eigenvalue weighted by Crippen LogP contribution is -2.25. The molecule has 8 N–H and O–H groups in total. The van der Waals surface area contributed by atoms with Gasteiger partial charge in [0.25, 0.3) is 5.56 Å². The van der Waals surface area contributed by atoms with Gasteiger partial charge in [-0.05, 0) is 5.56 Å².